The standard InChI is InChI=1S/C26H38Br2N4O8/c27-6-4-23(19-28)32-22-3-1-2-21(18-22)26(36)30-8-11-38-13-15-40-17-16-39-14-12-37-10-5-24(34)31-20-25(35)29-7-9-33/h1-3,9,18H,4-8,10-17,19-20H2,(H,29,35)(H,30,36)(H,31,34)/b32-23+. The Labute approximate surface area is 251 Å². The van der Waals surface area contributed by atoms with Crippen LogP contribution in [0.4, 0.5) is 5.69 Å². The third-order valence-corrected chi connectivity index (χ3v) is 5.93. The molecule has 0 aliphatic rings. The number of nitrogens with one attached hydrogen (secondary N) is 3. The van der Waals surface area contributed by atoms with Crippen molar-refractivity contribution in [3.63, 3.8) is 0 Å². The van der Waals surface area contributed by atoms with Gasteiger partial charge in [0, 0.05) is 34.9 Å². The van der Waals surface area contributed by atoms with Gasteiger partial charge in [-0.25, -0.2) is 0 Å². The maximum atomic E-state index is 12.4. The number of aldehydes is 1. The number of carbonyl (C=O) groups excluding carboxylic acids is 4. The van der Waals surface area contributed by atoms with Gasteiger partial charge < -0.3 is 39.7 Å². The second-order valence-electron chi connectivity index (χ2n) is 8.00. The lowest BCUT2D eigenvalue weighted by Gasteiger charge is -2.09. The largest absolute Gasteiger partial charge is 0.379 e. The van der Waals surface area contributed by atoms with Crippen molar-refractivity contribution in [2.75, 3.05) is 83.1 Å². The van der Waals surface area contributed by atoms with Gasteiger partial charge in [0.25, 0.3) is 5.91 Å². The number of nitrogens with zero attached hydrogens (tertiary/aromatic N) is 1. The molecule has 0 bridgehead atoms. The lowest BCUT2D eigenvalue weighted by molar-refractivity contribution is -0.127. The number of hydrogen-bond donors (Lipinski definition) is 3. The first-order valence-corrected chi connectivity index (χ1v) is 15.1. The summed E-state index contributed by atoms with van der Waals surface area (Å²) in [4.78, 5) is 49.9. The maximum Gasteiger partial charge on any atom is 0.251 e. The molecule has 0 aromatic heterocycles. The number of alkyl halides is 2. The van der Waals surface area contributed by atoms with Crippen LogP contribution in [0.3, 0.4) is 0 Å². The average Bonchev–Trinajstić information content (AvgIpc) is 2.96. The van der Waals surface area contributed by atoms with Gasteiger partial charge in [-0.15, -0.1) is 0 Å². The van der Waals surface area contributed by atoms with Gasteiger partial charge in [0.15, 0.2) is 0 Å². The molecule has 224 valence electrons. The maximum absolute atomic E-state index is 12.4. The molecule has 1 rings (SSSR count). The Morgan fingerprint density at radius 3 is 2.08 bits per heavy atom. The fourth-order valence-electron chi connectivity index (χ4n) is 2.91. The van der Waals surface area contributed by atoms with E-state index in [-0.39, 0.29) is 37.9 Å². The van der Waals surface area contributed by atoms with E-state index in [0.29, 0.717) is 70.0 Å². The van der Waals surface area contributed by atoms with E-state index >= 15 is 0 Å². The zero-order valence-corrected chi connectivity index (χ0v) is 25.6. The van der Waals surface area contributed by atoms with E-state index in [4.69, 9.17) is 18.9 Å². The van der Waals surface area contributed by atoms with Crippen molar-refractivity contribution in [3.05, 3.63) is 29.8 Å². The number of aliphatic imine (C=N–C) groups is 1. The highest BCUT2D eigenvalue weighted by Gasteiger charge is 2.07. The third kappa shape index (κ3) is 19.0. The van der Waals surface area contributed by atoms with Crippen LogP contribution in [0.1, 0.15) is 23.2 Å². The van der Waals surface area contributed by atoms with E-state index in [0.717, 1.165) is 23.1 Å². The zero-order chi connectivity index (χ0) is 29.3. The monoisotopic (exact) mass is 692 g/mol. The molecule has 0 aliphatic carbocycles. The van der Waals surface area contributed by atoms with E-state index in [1.54, 1.807) is 12.1 Å². The molecule has 40 heavy (non-hydrogen) atoms. The Balaban J connectivity index is 1.96. The van der Waals surface area contributed by atoms with Gasteiger partial charge >= 0.3 is 0 Å². The molecule has 1 aromatic carbocycles. The molecule has 12 nitrogen and oxygen atoms in total. The Morgan fingerprint density at radius 1 is 0.800 bits per heavy atom. The molecule has 3 N–H and O–H groups in total. The quantitative estimate of drug-likeness (QED) is 0.0639. The van der Waals surface area contributed by atoms with Crippen molar-refractivity contribution < 1.29 is 38.1 Å². The van der Waals surface area contributed by atoms with Crippen LogP contribution >= 0.6 is 31.9 Å². The summed E-state index contributed by atoms with van der Waals surface area (Å²) in [6, 6.07) is 7.19. The SMILES string of the molecule is O=CCNC(=O)CNC(=O)CCOCCOCCOCCOCCNC(=O)c1cccc(/N=C(/CBr)CCBr)c1. The summed E-state index contributed by atoms with van der Waals surface area (Å²) < 4.78 is 21.6. The number of carbonyl (C=O) groups is 4. The summed E-state index contributed by atoms with van der Waals surface area (Å²) in [6.07, 6.45) is 1.51. The Bertz CT molecular complexity index is 920. The molecule has 14 heteroatoms. The van der Waals surface area contributed by atoms with Gasteiger partial charge in [-0.05, 0) is 24.6 Å². The summed E-state index contributed by atoms with van der Waals surface area (Å²) in [5, 5.41) is 9.09. The second kappa shape index (κ2) is 24.6. The third-order valence-electron chi connectivity index (χ3n) is 4.88. The molecule has 0 saturated carbocycles. The van der Waals surface area contributed by atoms with Crippen LogP contribution in [0.15, 0.2) is 29.3 Å². The van der Waals surface area contributed by atoms with Crippen molar-refractivity contribution in [3.8, 4) is 0 Å². The fourth-order valence-corrected chi connectivity index (χ4v) is 3.78. The van der Waals surface area contributed by atoms with Gasteiger partial charge in [0.1, 0.15) is 6.29 Å². The van der Waals surface area contributed by atoms with Crippen molar-refractivity contribution in [2.24, 2.45) is 4.99 Å². The highest BCUT2D eigenvalue weighted by molar-refractivity contribution is 9.09. The molecule has 0 saturated heterocycles. The van der Waals surface area contributed by atoms with Gasteiger partial charge in [0.05, 0.1) is 71.6 Å². The van der Waals surface area contributed by atoms with Gasteiger partial charge in [-0.2, -0.15) is 0 Å². The minimum Gasteiger partial charge on any atom is -0.379 e. The van der Waals surface area contributed by atoms with Crippen LogP contribution in [0.25, 0.3) is 0 Å². The highest BCUT2D eigenvalue weighted by atomic mass is 79.9. The molecule has 3 amide bonds. The van der Waals surface area contributed by atoms with Gasteiger partial charge in [-0.3, -0.25) is 19.4 Å². The van der Waals surface area contributed by atoms with Crippen molar-refractivity contribution in [1.29, 1.82) is 0 Å². The van der Waals surface area contributed by atoms with Crippen molar-refractivity contribution in [2.45, 2.75) is 12.8 Å². The molecule has 0 unspecified atom stereocenters. The van der Waals surface area contributed by atoms with E-state index in [2.05, 4.69) is 52.8 Å². The molecule has 0 aliphatic heterocycles. The van der Waals surface area contributed by atoms with Crippen molar-refractivity contribution >= 4 is 67.3 Å². The van der Waals surface area contributed by atoms with Crippen LogP contribution in [-0.4, -0.2) is 113 Å². The lowest BCUT2D eigenvalue weighted by Crippen LogP contribution is -2.37. The first-order valence-electron chi connectivity index (χ1n) is 12.8. The average molecular weight is 694 g/mol. The van der Waals surface area contributed by atoms with Gasteiger partial charge in [-0.1, -0.05) is 37.9 Å². The molecule has 0 atom stereocenters. The summed E-state index contributed by atoms with van der Waals surface area (Å²) in [7, 11) is 0. The number of hydrogen-bond acceptors (Lipinski definition) is 9. The van der Waals surface area contributed by atoms with Crippen LogP contribution in [0.2, 0.25) is 0 Å². The first-order chi connectivity index (χ1) is 19.5. The highest BCUT2D eigenvalue weighted by Crippen LogP contribution is 2.16. The van der Waals surface area contributed by atoms with E-state index < -0.39 is 5.91 Å². The Kier molecular flexibility index (Phi) is 22.0. The number of rotatable bonds is 24. The summed E-state index contributed by atoms with van der Waals surface area (Å²) >= 11 is 6.85. The van der Waals surface area contributed by atoms with E-state index in [9.17, 15) is 19.2 Å². The Morgan fingerprint density at radius 2 is 1.45 bits per heavy atom. The molecule has 0 fully saturated rings. The van der Waals surface area contributed by atoms with Crippen molar-refractivity contribution in [1.82, 2.24) is 16.0 Å². The molecular weight excluding hydrogens is 656 g/mol. The smallest absolute Gasteiger partial charge is 0.251 e. The number of benzene rings is 1. The Hall–Kier alpha value is -2.23. The summed E-state index contributed by atoms with van der Waals surface area (Å²) in [5.74, 6) is -0.929. The van der Waals surface area contributed by atoms with Crippen LogP contribution in [-0.2, 0) is 33.3 Å². The van der Waals surface area contributed by atoms with E-state index in [1.165, 1.54) is 0 Å². The summed E-state index contributed by atoms with van der Waals surface area (Å²) in [5.41, 5.74) is 2.28. The van der Waals surface area contributed by atoms with Gasteiger partial charge in [0.2, 0.25) is 11.8 Å². The van der Waals surface area contributed by atoms with Crippen LogP contribution < -0.4 is 16.0 Å². The minimum absolute atomic E-state index is 0.0811. The predicted molar refractivity (Wildman–Crippen MR) is 158 cm³/mol. The fraction of sp³-hybridized carbons (Fsp3) is 0.577. The molecule has 0 spiro atoms. The zero-order valence-electron chi connectivity index (χ0n) is 22.5. The van der Waals surface area contributed by atoms with E-state index in [1.807, 2.05) is 12.1 Å². The molecule has 0 heterocycles. The summed E-state index contributed by atoms with van der Waals surface area (Å²) in [6.45, 7) is 2.97. The topological polar surface area (TPSA) is 154 Å². The normalized spacial score (nSPS) is 11.2. The molecule has 0 radical (unpaired) electrons. The van der Waals surface area contributed by atoms with Crippen LogP contribution in [0, 0.1) is 0 Å². The van der Waals surface area contributed by atoms with Crippen LogP contribution in [0.5, 0.6) is 0 Å². The first kappa shape index (κ1) is 35.8. The minimum atomic E-state index is -0.429. The number of halogens is 2. The lowest BCUT2D eigenvalue weighted by atomic mass is 10.2. The molecular formula is C26H38Br2N4O8. The molecule has 1 aromatic rings. The second-order valence-corrected chi connectivity index (χ2v) is 9.36. The number of ether oxygens (including phenoxy) is 4. The number of amides is 3. The predicted octanol–water partition coefficient (Wildman–Crippen LogP) is 1.56.